The Morgan fingerprint density at radius 1 is 1.19 bits per heavy atom. The summed E-state index contributed by atoms with van der Waals surface area (Å²) >= 11 is 1.73. The zero-order valence-corrected chi connectivity index (χ0v) is 19.2. The van der Waals surface area contributed by atoms with E-state index in [9.17, 15) is 9.59 Å². The Hall–Kier alpha value is -1.95. The summed E-state index contributed by atoms with van der Waals surface area (Å²) in [5, 5.41) is 0. The molecular weight excluding hydrogens is 420 g/mol. The minimum atomic E-state index is -0.745. The first-order valence-corrected chi connectivity index (χ1v) is 12.8. The Morgan fingerprint density at radius 2 is 2.00 bits per heavy atom. The Kier molecular flexibility index (Phi) is 4.69. The molecule has 0 N–H and O–H groups in total. The topological polar surface area (TPSA) is 55.9 Å². The molecule has 1 aromatic rings. The van der Waals surface area contributed by atoms with Crippen molar-refractivity contribution in [3.63, 3.8) is 0 Å². The largest absolute Gasteiger partial charge is 0.366 e. The highest BCUT2D eigenvalue weighted by molar-refractivity contribution is 7.98. The fourth-order valence-corrected chi connectivity index (χ4v) is 7.38. The summed E-state index contributed by atoms with van der Waals surface area (Å²) in [5.74, 6) is 0.811. The van der Waals surface area contributed by atoms with Crippen LogP contribution >= 0.6 is 11.8 Å². The van der Waals surface area contributed by atoms with Gasteiger partial charge in [0.2, 0.25) is 0 Å². The number of hydrogen-bond acceptors (Lipinski definition) is 5. The molecule has 0 aromatic heterocycles. The number of thioether (sulfide) groups is 1. The van der Waals surface area contributed by atoms with Crippen LogP contribution in [-0.4, -0.2) is 35.6 Å². The molecule has 32 heavy (non-hydrogen) atoms. The second kappa shape index (κ2) is 7.28. The molecule has 2 saturated heterocycles. The van der Waals surface area contributed by atoms with Crippen LogP contribution in [0.5, 0.6) is 0 Å². The highest BCUT2D eigenvalue weighted by Crippen LogP contribution is 2.69. The van der Waals surface area contributed by atoms with Crippen molar-refractivity contribution in [3.05, 3.63) is 65.3 Å². The fraction of sp³-hybridized carbons (Fsp3) is 0.481. The van der Waals surface area contributed by atoms with E-state index in [0.717, 1.165) is 37.7 Å². The number of ether oxygens (including phenoxy) is 2. The van der Waals surface area contributed by atoms with Crippen LogP contribution in [0.3, 0.4) is 0 Å². The van der Waals surface area contributed by atoms with Gasteiger partial charge < -0.3 is 9.47 Å². The molecule has 1 saturated carbocycles. The van der Waals surface area contributed by atoms with Crippen molar-refractivity contribution in [3.8, 4) is 0 Å². The minimum Gasteiger partial charge on any atom is -0.366 e. The molecule has 4 nitrogen and oxygen atoms in total. The van der Waals surface area contributed by atoms with Gasteiger partial charge in [0.05, 0.1) is 6.61 Å². The number of epoxide rings is 1. The van der Waals surface area contributed by atoms with Crippen LogP contribution < -0.4 is 0 Å². The Morgan fingerprint density at radius 3 is 2.75 bits per heavy atom. The minimum absolute atomic E-state index is 0.000217. The van der Waals surface area contributed by atoms with Crippen molar-refractivity contribution in [1.29, 1.82) is 0 Å². The molecule has 0 amide bonds. The van der Waals surface area contributed by atoms with Crippen molar-refractivity contribution in [2.45, 2.75) is 60.7 Å². The highest BCUT2D eigenvalue weighted by atomic mass is 32.2. The van der Waals surface area contributed by atoms with Crippen LogP contribution in [0.25, 0.3) is 0 Å². The van der Waals surface area contributed by atoms with Crippen LogP contribution in [0.2, 0.25) is 0 Å². The molecule has 1 aromatic carbocycles. The Balaban J connectivity index is 1.49. The van der Waals surface area contributed by atoms with Gasteiger partial charge >= 0.3 is 0 Å². The maximum Gasteiger partial charge on any atom is 0.190 e. The van der Waals surface area contributed by atoms with Gasteiger partial charge in [0, 0.05) is 17.2 Å². The number of carbonyl (C=O) groups is 2. The third kappa shape index (κ3) is 2.71. The van der Waals surface area contributed by atoms with E-state index in [4.69, 9.17) is 9.47 Å². The SMILES string of the molecule is C=CC(=O)[C@]12CCC3C4CCC5=CC(=O)CCC5=C4C(c4ccc(SC)cc4)OCC31O2. The molecule has 4 unspecified atom stereocenters. The van der Waals surface area contributed by atoms with E-state index >= 15 is 0 Å². The van der Waals surface area contributed by atoms with Gasteiger partial charge in [-0.25, -0.2) is 0 Å². The van der Waals surface area contributed by atoms with E-state index in [1.165, 1.54) is 27.7 Å². The predicted octanol–water partition coefficient (Wildman–Crippen LogP) is 5.15. The number of carbonyl (C=O) groups excluding carboxylic acids is 2. The summed E-state index contributed by atoms with van der Waals surface area (Å²) in [7, 11) is 0. The van der Waals surface area contributed by atoms with Gasteiger partial charge in [-0.1, -0.05) is 18.7 Å². The third-order valence-electron chi connectivity index (χ3n) is 8.46. The van der Waals surface area contributed by atoms with E-state index in [2.05, 4.69) is 37.1 Å². The molecule has 5 heteroatoms. The number of ketones is 2. The van der Waals surface area contributed by atoms with E-state index < -0.39 is 11.2 Å². The molecule has 5 aliphatic rings. The first kappa shape index (κ1) is 20.6. The van der Waals surface area contributed by atoms with Crippen molar-refractivity contribution >= 4 is 23.3 Å². The highest BCUT2D eigenvalue weighted by Gasteiger charge is 2.81. The number of benzene rings is 1. The monoisotopic (exact) mass is 448 g/mol. The van der Waals surface area contributed by atoms with Crippen LogP contribution in [0.1, 0.15) is 50.2 Å². The second-order valence-electron chi connectivity index (χ2n) is 9.71. The Bertz CT molecular complexity index is 1080. The van der Waals surface area contributed by atoms with Gasteiger partial charge in [-0.15, -0.1) is 11.8 Å². The smallest absolute Gasteiger partial charge is 0.190 e. The molecule has 2 aliphatic heterocycles. The van der Waals surface area contributed by atoms with Crippen LogP contribution in [0, 0.1) is 11.8 Å². The molecule has 1 spiro atoms. The summed E-state index contributed by atoms with van der Waals surface area (Å²) in [6.45, 7) is 4.16. The summed E-state index contributed by atoms with van der Waals surface area (Å²) in [6.07, 6.45) is 10.2. The molecule has 3 aliphatic carbocycles. The normalized spacial score (nSPS) is 37.5. The molecule has 5 atom stereocenters. The number of hydrogen-bond donors (Lipinski definition) is 0. The maximum absolute atomic E-state index is 12.8. The zero-order chi connectivity index (χ0) is 22.1. The summed E-state index contributed by atoms with van der Waals surface area (Å²) in [6, 6.07) is 8.64. The molecule has 2 heterocycles. The van der Waals surface area contributed by atoms with Gasteiger partial charge in [-0.2, -0.15) is 0 Å². The first-order chi connectivity index (χ1) is 15.5. The number of fused-ring (bicyclic) bond motifs is 3. The van der Waals surface area contributed by atoms with E-state index in [-0.39, 0.29) is 23.6 Å². The second-order valence-corrected chi connectivity index (χ2v) is 10.6. The van der Waals surface area contributed by atoms with Gasteiger partial charge in [-0.3, -0.25) is 9.59 Å². The molecule has 3 fully saturated rings. The lowest BCUT2D eigenvalue weighted by molar-refractivity contribution is -0.119. The lowest BCUT2D eigenvalue weighted by atomic mass is 9.66. The molecular formula is C27H28O4S. The standard InChI is InChI=1S/C27H28O4S/c1-3-23(29)26-13-12-22-21-10-6-17-14-18(28)7-11-20(17)24(21)25(30-15-27(22,26)31-26)16-4-8-19(32-2)9-5-16/h3-5,8-9,14,21-22,25H,1,6-7,10-13,15H2,2H3/t21?,22?,25?,26-,27?/m1/s1. The van der Waals surface area contributed by atoms with E-state index in [1.807, 2.05) is 6.08 Å². The maximum atomic E-state index is 12.8. The lowest BCUT2D eigenvalue weighted by Gasteiger charge is -2.37. The van der Waals surface area contributed by atoms with Gasteiger partial charge in [0.25, 0.3) is 0 Å². The number of rotatable bonds is 4. The molecule has 166 valence electrons. The fourth-order valence-electron chi connectivity index (χ4n) is 6.97. The van der Waals surface area contributed by atoms with Crippen molar-refractivity contribution in [2.75, 3.05) is 12.9 Å². The van der Waals surface area contributed by atoms with E-state index in [0.29, 0.717) is 18.9 Å². The first-order valence-electron chi connectivity index (χ1n) is 11.6. The summed E-state index contributed by atoms with van der Waals surface area (Å²) < 4.78 is 13.0. The van der Waals surface area contributed by atoms with Crippen LogP contribution in [0.4, 0.5) is 0 Å². The van der Waals surface area contributed by atoms with Gasteiger partial charge in [-0.05, 0) is 90.8 Å². The van der Waals surface area contributed by atoms with Crippen molar-refractivity contribution in [1.82, 2.24) is 0 Å². The average Bonchev–Trinajstić information content (AvgIpc) is 3.42. The van der Waals surface area contributed by atoms with Crippen molar-refractivity contribution < 1.29 is 19.1 Å². The Labute approximate surface area is 193 Å². The third-order valence-corrected chi connectivity index (χ3v) is 9.20. The summed E-state index contributed by atoms with van der Waals surface area (Å²) in [4.78, 5) is 26.2. The predicted molar refractivity (Wildman–Crippen MR) is 123 cm³/mol. The zero-order valence-electron chi connectivity index (χ0n) is 18.4. The summed E-state index contributed by atoms with van der Waals surface area (Å²) in [5.41, 5.74) is 3.73. The molecule has 6 rings (SSSR count). The van der Waals surface area contributed by atoms with Crippen LogP contribution in [-0.2, 0) is 19.1 Å². The van der Waals surface area contributed by atoms with Gasteiger partial charge in [0.15, 0.2) is 17.2 Å². The quantitative estimate of drug-likeness (QED) is 0.362. The van der Waals surface area contributed by atoms with Crippen molar-refractivity contribution in [2.24, 2.45) is 11.8 Å². The molecule has 0 radical (unpaired) electrons. The van der Waals surface area contributed by atoms with Crippen LogP contribution in [0.15, 0.2) is 64.6 Å². The molecule has 0 bridgehead atoms. The van der Waals surface area contributed by atoms with E-state index in [1.54, 1.807) is 11.8 Å². The average molecular weight is 449 g/mol. The number of allylic oxidation sites excluding steroid dienone is 3. The van der Waals surface area contributed by atoms with Gasteiger partial charge in [0.1, 0.15) is 11.7 Å². The lowest BCUT2D eigenvalue weighted by Crippen LogP contribution is -2.37.